The Kier molecular flexibility index (Phi) is 8.27. The Bertz CT molecular complexity index is 979. The standard InChI is InChI=1S/C19H24N4O6S/c1-13(18(25)22-17-5-4-10-20-19(17)29-12-11-28-3)23-30(26,27)16-8-6-15(7-9-16)21-14(2)24/h4-10,13,23H,11-12H2,1-3H3,(H,21,24)(H,22,25)/t13-/m0/s1. The zero-order chi connectivity index (χ0) is 22.1. The number of hydrogen-bond donors (Lipinski definition) is 3. The van der Waals surface area contributed by atoms with Crippen molar-refractivity contribution in [2.75, 3.05) is 31.0 Å². The van der Waals surface area contributed by atoms with E-state index in [9.17, 15) is 18.0 Å². The highest BCUT2D eigenvalue weighted by molar-refractivity contribution is 7.89. The van der Waals surface area contributed by atoms with Crippen molar-refractivity contribution in [2.45, 2.75) is 24.8 Å². The molecule has 0 aliphatic heterocycles. The molecule has 0 fully saturated rings. The van der Waals surface area contributed by atoms with E-state index in [4.69, 9.17) is 9.47 Å². The number of pyridine rings is 1. The number of aromatic nitrogens is 1. The average molecular weight is 436 g/mol. The van der Waals surface area contributed by atoms with Gasteiger partial charge in [-0.3, -0.25) is 9.59 Å². The first-order chi connectivity index (χ1) is 14.2. The molecule has 2 aromatic rings. The summed E-state index contributed by atoms with van der Waals surface area (Å²) in [7, 11) is -2.42. The number of ether oxygens (including phenoxy) is 2. The number of anilines is 2. The molecule has 10 nitrogen and oxygen atoms in total. The maximum atomic E-state index is 12.5. The maximum absolute atomic E-state index is 12.5. The molecule has 3 N–H and O–H groups in total. The van der Waals surface area contributed by atoms with Crippen LogP contribution < -0.4 is 20.1 Å². The third kappa shape index (κ3) is 6.79. The van der Waals surface area contributed by atoms with Crippen LogP contribution in [0.2, 0.25) is 0 Å². The lowest BCUT2D eigenvalue weighted by Gasteiger charge is -2.16. The molecular weight excluding hydrogens is 412 g/mol. The molecular formula is C19H24N4O6S. The van der Waals surface area contributed by atoms with Gasteiger partial charge in [-0.1, -0.05) is 0 Å². The van der Waals surface area contributed by atoms with Crippen LogP contribution in [0.15, 0.2) is 47.5 Å². The van der Waals surface area contributed by atoms with E-state index in [1.165, 1.54) is 51.4 Å². The third-order valence-electron chi connectivity index (χ3n) is 3.77. The van der Waals surface area contributed by atoms with Crippen LogP contribution >= 0.6 is 0 Å². The van der Waals surface area contributed by atoms with Gasteiger partial charge in [-0.25, -0.2) is 13.4 Å². The predicted octanol–water partition coefficient (Wildman–Crippen LogP) is 1.37. The smallest absolute Gasteiger partial charge is 0.242 e. The summed E-state index contributed by atoms with van der Waals surface area (Å²) < 4.78 is 37.8. The summed E-state index contributed by atoms with van der Waals surface area (Å²) in [5.41, 5.74) is 0.772. The molecule has 0 spiro atoms. The largest absolute Gasteiger partial charge is 0.474 e. The molecule has 0 aliphatic carbocycles. The van der Waals surface area contributed by atoms with Gasteiger partial charge in [0.25, 0.3) is 0 Å². The fourth-order valence-corrected chi connectivity index (χ4v) is 3.54. The summed E-state index contributed by atoms with van der Waals surface area (Å²) in [5.74, 6) is -0.653. The molecule has 1 heterocycles. The molecule has 11 heteroatoms. The number of hydrogen-bond acceptors (Lipinski definition) is 7. The topological polar surface area (TPSA) is 136 Å². The summed E-state index contributed by atoms with van der Waals surface area (Å²) in [4.78, 5) is 27.6. The van der Waals surface area contributed by atoms with E-state index >= 15 is 0 Å². The van der Waals surface area contributed by atoms with Gasteiger partial charge in [0, 0.05) is 25.9 Å². The van der Waals surface area contributed by atoms with Crippen LogP contribution in [-0.2, 0) is 24.3 Å². The normalized spacial score (nSPS) is 12.1. The predicted molar refractivity (Wildman–Crippen MR) is 111 cm³/mol. The van der Waals surface area contributed by atoms with Gasteiger partial charge in [-0.2, -0.15) is 4.72 Å². The highest BCUT2D eigenvalue weighted by Gasteiger charge is 2.23. The number of rotatable bonds is 10. The van der Waals surface area contributed by atoms with Gasteiger partial charge in [-0.05, 0) is 43.3 Å². The Balaban J connectivity index is 2.04. The van der Waals surface area contributed by atoms with Crippen LogP contribution in [0.5, 0.6) is 5.88 Å². The molecule has 1 aromatic carbocycles. The minimum atomic E-state index is -3.96. The van der Waals surface area contributed by atoms with Crippen LogP contribution in [-0.4, -0.2) is 51.6 Å². The van der Waals surface area contributed by atoms with Crippen molar-refractivity contribution in [1.29, 1.82) is 0 Å². The fourth-order valence-electron chi connectivity index (χ4n) is 2.34. The van der Waals surface area contributed by atoms with Crippen LogP contribution in [0.25, 0.3) is 0 Å². The number of sulfonamides is 1. The molecule has 0 aliphatic rings. The molecule has 2 amide bonds. The minimum Gasteiger partial charge on any atom is -0.474 e. The molecule has 2 rings (SSSR count). The van der Waals surface area contributed by atoms with Gasteiger partial charge in [0.15, 0.2) is 0 Å². The van der Waals surface area contributed by atoms with Crippen molar-refractivity contribution in [3.8, 4) is 5.88 Å². The summed E-state index contributed by atoms with van der Waals surface area (Å²) in [5, 5.41) is 5.15. The number of nitrogens with zero attached hydrogens (tertiary/aromatic N) is 1. The molecule has 30 heavy (non-hydrogen) atoms. The van der Waals surface area contributed by atoms with Crippen molar-refractivity contribution in [3.63, 3.8) is 0 Å². The number of nitrogens with one attached hydrogen (secondary N) is 3. The Morgan fingerprint density at radius 3 is 2.43 bits per heavy atom. The average Bonchev–Trinajstić information content (AvgIpc) is 2.69. The van der Waals surface area contributed by atoms with Gasteiger partial charge in [0.05, 0.1) is 17.5 Å². The minimum absolute atomic E-state index is 0.0405. The van der Waals surface area contributed by atoms with E-state index < -0.39 is 22.0 Å². The lowest BCUT2D eigenvalue weighted by Crippen LogP contribution is -2.41. The number of methoxy groups -OCH3 is 1. The Hall–Kier alpha value is -3.02. The van der Waals surface area contributed by atoms with E-state index in [0.29, 0.717) is 18.0 Å². The Morgan fingerprint density at radius 1 is 1.10 bits per heavy atom. The monoisotopic (exact) mass is 436 g/mol. The lowest BCUT2D eigenvalue weighted by molar-refractivity contribution is -0.117. The van der Waals surface area contributed by atoms with Crippen LogP contribution in [0, 0.1) is 0 Å². The maximum Gasteiger partial charge on any atom is 0.242 e. The first-order valence-electron chi connectivity index (χ1n) is 9.00. The fraction of sp³-hybridized carbons (Fsp3) is 0.316. The van der Waals surface area contributed by atoms with Gasteiger partial charge >= 0.3 is 0 Å². The second kappa shape index (κ2) is 10.7. The second-order valence-corrected chi connectivity index (χ2v) is 7.95. The molecule has 0 saturated carbocycles. The Morgan fingerprint density at radius 2 is 1.80 bits per heavy atom. The second-order valence-electron chi connectivity index (χ2n) is 6.24. The quantitative estimate of drug-likeness (QED) is 0.479. The van der Waals surface area contributed by atoms with Gasteiger partial charge in [0.1, 0.15) is 12.3 Å². The highest BCUT2D eigenvalue weighted by Crippen LogP contribution is 2.21. The van der Waals surface area contributed by atoms with Crippen molar-refractivity contribution in [1.82, 2.24) is 9.71 Å². The van der Waals surface area contributed by atoms with Gasteiger partial charge in [0.2, 0.25) is 27.7 Å². The number of benzene rings is 1. The zero-order valence-corrected chi connectivity index (χ0v) is 17.7. The van der Waals surface area contributed by atoms with Crippen molar-refractivity contribution in [3.05, 3.63) is 42.6 Å². The summed E-state index contributed by atoms with van der Waals surface area (Å²) in [6, 6.07) is 7.72. The lowest BCUT2D eigenvalue weighted by atomic mass is 10.3. The van der Waals surface area contributed by atoms with Crippen molar-refractivity contribution in [2.24, 2.45) is 0 Å². The SMILES string of the molecule is COCCOc1ncccc1NC(=O)[C@H](C)NS(=O)(=O)c1ccc(NC(C)=O)cc1. The van der Waals surface area contributed by atoms with Crippen molar-refractivity contribution < 1.29 is 27.5 Å². The first kappa shape index (κ1) is 23.3. The molecule has 162 valence electrons. The summed E-state index contributed by atoms with van der Waals surface area (Å²) in [6.07, 6.45) is 1.51. The van der Waals surface area contributed by atoms with E-state index in [-0.39, 0.29) is 23.3 Å². The van der Waals surface area contributed by atoms with Crippen LogP contribution in [0.3, 0.4) is 0 Å². The summed E-state index contributed by atoms with van der Waals surface area (Å²) in [6.45, 7) is 3.36. The third-order valence-corrected chi connectivity index (χ3v) is 5.32. The first-order valence-corrected chi connectivity index (χ1v) is 10.5. The van der Waals surface area contributed by atoms with E-state index in [0.717, 1.165) is 0 Å². The van der Waals surface area contributed by atoms with Gasteiger partial charge in [-0.15, -0.1) is 0 Å². The van der Waals surface area contributed by atoms with E-state index in [1.807, 2.05) is 0 Å². The zero-order valence-electron chi connectivity index (χ0n) is 16.8. The number of carbonyl (C=O) groups is 2. The number of carbonyl (C=O) groups excluding carboxylic acids is 2. The molecule has 0 unspecified atom stereocenters. The number of amides is 2. The van der Waals surface area contributed by atoms with Crippen LogP contribution in [0.4, 0.5) is 11.4 Å². The molecule has 1 aromatic heterocycles. The highest BCUT2D eigenvalue weighted by atomic mass is 32.2. The molecule has 0 bridgehead atoms. The summed E-state index contributed by atoms with van der Waals surface area (Å²) >= 11 is 0. The van der Waals surface area contributed by atoms with Crippen LogP contribution in [0.1, 0.15) is 13.8 Å². The Labute approximate surface area is 175 Å². The van der Waals surface area contributed by atoms with E-state index in [2.05, 4.69) is 20.3 Å². The van der Waals surface area contributed by atoms with Crippen molar-refractivity contribution >= 4 is 33.2 Å². The van der Waals surface area contributed by atoms with E-state index in [1.54, 1.807) is 12.1 Å². The molecule has 0 saturated heterocycles. The molecule has 0 radical (unpaired) electrons. The molecule has 1 atom stereocenters. The van der Waals surface area contributed by atoms with Gasteiger partial charge < -0.3 is 20.1 Å².